The predicted molar refractivity (Wildman–Crippen MR) is 38.2 cm³/mol. The molecular weight excluding hydrogens is 116 g/mol. The molecule has 0 spiro atoms. The molecule has 0 atom stereocenters. The van der Waals surface area contributed by atoms with Gasteiger partial charge in [0.1, 0.15) is 0 Å². The summed E-state index contributed by atoms with van der Waals surface area (Å²) in [4.78, 5) is 0. The van der Waals surface area contributed by atoms with Crippen molar-refractivity contribution in [2.45, 2.75) is 30.9 Å². The second kappa shape index (κ2) is 1.11. The molecule has 0 aliphatic heterocycles. The normalized spacial score (nSPS) is 59.2. The van der Waals surface area contributed by atoms with Crippen LogP contribution in [0.15, 0.2) is 0 Å². The first-order valence-electron chi connectivity index (χ1n) is 3.23. The number of hydrogen-bond acceptors (Lipinski definition) is 1. The molecule has 46 valence electrons. The summed E-state index contributed by atoms with van der Waals surface area (Å²) in [7, 11) is 0. The van der Waals surface area contributed by atoms with Gasteiger partial charge in [-0.25, -0.2) is 0 Å². The van der Waals surface area contributed by atoms with Crippen molar-refractivity contribution in [3.8, 4) is 0 Å². The average Bonchev–Trinajstić information content (AvgIpc) is 1.55. The van der Waals surface area contributed by atoms with Gasteiger partial charge in [0.25, 0.3) is 0 Å². The molecule has 0 aromatic rings. The number of rotatable bonds is 1. The Labute approximate surface area is 55.0 Å². The fourth-order valence-corrected chi connectivity index (χ4v) is 3.87. The fourth-order valence-electron chi connectivity index (χ4n) is 2.39. The van der Waals surface area contributed by atoms with E-state index in [1.165, 1.54) is 19.3 Å². The third kappa shape index (κ3) is 0.399. The van der Waals surface area contributed by atoms with Crippen molar-refractivity contribution in [1.82, 2.24) is 0 Å². The van der Waals surface area contributed by atoms with Gasteiger partial charge < -0.3 is 0 Å². The molecule has 0 heterocycles. The molecule has 0 nitrogen and oxygen atoms in total. The van der Waals surface area contributed by atoms with Gasteiger partial charge in [-0.3, -0.25) is 0 Å². The van der Waals surface area contributed by atoms with Gasteiger partial charge in [-0.2, -0.15) is 11.8 Å². The molecule has 0 unspecified atom stereocenters. The highest BCUT2D eigenvalue weighted by atomic mass is 32.2. The zero-order valence-corrected chi connectivity index (χ0v) is 6.35. The summed E-state index contributed by atoms with van der Waals surface area (Å²) < 4.78 is 0.786. The molecule has 0 aromatic carbocycles. The van der Waals surface area contributed by atoms with E-state index in [-0.39, 0.29) is 0 Å². The molecule has 3 aliphatic rings. The Morgan fingerprint density at radius 2 is 1.75 bits per heavy atom. The third-order valence-electron chi connectivity index (χ3n) is 2.68. The van der Waals surface area contributed by atoms with Crippen LogP contribution in [0.4, 0.5) is 0 Å². The smallest absolute Gasteiger partial charge is 0.0172 e. The highest BCUT2D eigenvalue weighted by molar-refractivity contribution is 8.00. The summed E-state index contributed by atoms with van der Waals surface area (Å²) in [5, 5.41) is 0. The lowest BCUT2D eigenvalue weighted by molar-refractivity contribution is -0.0555. The summed E-state index contributed by atoms with van der Waals surface area (Å²) in [6.07, 6.45) is 6.75. The minimum atomic E-state index is 0.786. The van der Waals surface area contributed by atoms with Crippen LogP contribution in [0.3, 0.4) is 0 Å². The van der Waals surface area contributed by atoms with Crippen molar-refractivity contribution < 1.29 is 0 Å². The largest absolute Gasteiger partial charge is 0.159 e. The number of thioether (sulfide) groups is 1. The van der Waals surface area contributed by atoms with Crippen LogP contribution in [0.25, 0.3) is 0 Å². The first kappa shape index (κ1) is 5.16. The third-order valence-corrected chi connectivity index (χ3v) is 3.98. The highest BCUT2D eigenvalue weighted by Crippen LogP contribution is 2.72. The first-order valence-corrected chi connectivity index (χ1v) is 4.46. The van der Waals surface area contributed by atoms with Crippen LogP contribution >= 0.6 is 11.8 Å². The summed E-state index contributed by atoms with van der Waals surface area (Å²) in [6.45, 7) is 2.41. The van der Waals surface area contributed by atoms with Gasteiger partial charge in [-0.05, 0) is 30.9 Å². The van der Waals surface area contributed by atoms with Gasteiger partial charge in [0.15, 0.2) is 0 Å². The molecule has 0 aromatic heterocycles. The van der Waals surface area contributed by atoms with E-state index in [9.17, 15) is 0 Å². The van der Waals surface area contributed by atoms with Crippen LogP contribution in [-0.2, 0) is 0 Å². The van der Waals surface area contributed by atoms with E-state index >= 15 is 0 Å². The Morgan fingerprint density at radius 3 is 1.88 bits per heavy atom. The second-order valence-electron chi connectivity index (χ2n) is 3.73. The highest BCUT2D eigenvalue weighted by Gasteiger charge is 2.64. The molecule has 0 saturated heterocycles. The Kier molecular flexibility index (Phi) is 0.715. The maximum atomic E-state index is 2.41. The lowest BCUT2D eigenvalue weighted by Gasteiger charge is -2.69. The van der Waals surface area contributed by atoms with Crippen LogP contribution < -0.4 is 0 Å². The molecule has 0 N–H and O–H groups in total. The van der Waals surface area contributed by atoms with Gasteiger partial charge >= 0.3 is 0 Å². The molecule has 0 amide bonds. The van der Waals surface area contributed by atoms with E-state index in [1.54, 1.807) is 0 Å². The van der Waals surface area contributed by atoms with E-state index < -0.39 is 0 Å². The van der Waals surface area contributed by atoms with Gasteiger partial charge in [0.2, 0.25) is 0 Å². The van der Waals surface area contributed by atoms with Crippen molar-refractivity contribution >= 4 is 11.8 Å². The second-order valence-corrected chi connectivity index (χ2v) is 5.00. The molecule has 3 fully saturated rings. The van der Waals surface area contributed by atoms with E-state index in [2.05, 4.69) is 24.9 Å². The van der Waals surface area contributed by atoms with Gasteiger partial charge in [0.05, 0.1) is 0 Å². The topological polar surface area (TPSA) is 0 Å². The Bertz CT molecular complexity index is 109. The maximum Gasteiger partial charge on any atom is 0.0172 e. The summed E-state index contributed by atoms with van der Waals surface area (Å²) in [5.74, 6) is 0. The molecule has 3 rings (SSSR count). The fraction of sp³-hybridized carbons (Fsp3) is 1.00. The van der Waals surface area contributed by atoms with Crippen molar-refractivity contribution in [2.24, 2.45) is 5.41 Å². The SMILES string of the molecule is CSC12CC(C)(C1)C2. The lowest BCUT2D eigenvalue weighted by Crippen LogP contribution is -2.63. The standard InChI is InChI=1S/C7H12S/c1-6-3-7(4-6,5-6)8-2/h3-5H2,1-2H3. The molecule has 3 aliphatic carbocycles. The number of hydrogen-bond donors (Lipinski definition) is 0. The Hall–Kier alpha value is 0.350. The van der Waals surface area contributed by atoms with Crippen LogP contribution in [0.2, 0.25) is 0 Å². The van der Waals surface area contributed by atoms with E-state index in [4.69, 9.17) is 0 Å². The van der Waals surface area contributed by atoms with Gasteiger partial charge in [-0.1, -0.05) is 6.92 Å². The van der Waals surface area contributed by atoms with Crippen molar-refractivity contribution in [3.05, 3.63) is 0 Å². The maximum absolute atomic E-state index is 2.41. The van der Waals surface area contributed by atoms with E-state index in [0.717, 1.165) is 10.2 Å². The Morgan fingerprint density at radius 1 is 1.25 bits per heavy atom. The van der Waals surface area contributed by atoms with Gasteiger partial charge in [-0.15, -0.1) is 0 Å². The van der Waals surface area contributed by atoms with Crippen LogP contribution in [0, 0.1) is 5.41 Å². The predicted octanol–water partition coefficient (Wildman–Crippen LogP) is 2.29. The lowest BCUT2D eigenvalue weighted by atomic mass is 9.45. The molecule has 0 radical (unpaired) electrons. The van der Waals surface area contributed by atoms with Crippen molar-refractivity contribution in [1.29, 1.82) is 0 Å². The molecule has 3 saturated carbocycles. The van der Waals surface area contributed by atoms with E-state index in [0.29, 0.717) is 0 Å². The minimum Gasteiger partial charge on any atom is -0.159 e. The quantitative estimate of drug-likeness (QED) is 0.522. The zero-order valence-electron chi connectivity index (χ0n) is 5.53. The minimum absolute atomic E-state index is 0.786. The summed E-state index contributed by atoms with van der Waals surface area (Å²) >= 11 is 2.08. The Balaban J connectivity index is 2.04. The zero-order chi connectivity index (χ0) is 5.83. The van der Waals surface area contributed by atoms with Crippen LogP contribution in [-0.4, -0.2) is 11.0 Å². The molecular formula is C7H12S. The molecule has 2 bridgehead atoms. The van der Waals surface area contributed by atoms with Crippen molar-refractivity contribution in [3.63, 3.8) is 0 Å². The van der Waals surface area contributed by atoms with Crippen LogP contribution in [0.1, 0.15) is 26.2 Å². The van der Waals surface area contributed by atoms with Gasteiger partial charge in [0, 0.05) is 4.75 Å². The summed E-state index contributed by atoms with van der Waals surface area (Å²) in [6, 6.07) is 0. The monoisotopic (exact) mass is 128 g/mol. The average molecular weight is 128 g/mol. The van der Waals surface area contributed by atoms with Crippen molar-refractivity contribution in [2.75, 3.05) is 6.26 Å². The van der Waals surface area contributed by atoms with Crippen LogP contribution in [0.5, 0.6) is 0 Å². The summed E-state index contributed by atoms with van der Waals surface area (Å²) in [5.41, 5.74) is 0.809. The van der Waals surface area contributed by atoms with E-state index in [1.807, 2.05) is 0 Å². The first-order chi connectivity index (χ1) is 3.68. The molecule has 1 heteroatoms. The molecule has 8 heavy (non-hydrogen) atoms.